The van der Waals surface area contributed by atoms with E-state index in [1.807, 2.05) is 0 Å². The topological polar surface area (TPSA) is 40.1 Å². The first kappa shape index (κ1) is 16.9. The Morgan fingerprint density at radius 2 is 1.50 bits per heavy atom. The van der Waals surface area contributed by atoms with Gasteiger partial charge in [-0.3, -0.25) is 0 Å². The maximum Gasteiger partial charge on any atom is 0.0414 e. The summed E-state index contributed by atoms with van der Waals surface area (Å²) in [6.07, 6.45) is 19.1. The molecule has 0 radical (unpaired) electrons. The summed E-state index contributed by atoms with van der Waals surface area (Å²) in [6.45, 7) is 2.19. The molecule has 0 rings (SSSR count). The molecule has 0 N–H and O–H groups in total. The van der Waals surface area contributed by atoms with E-state index < -0.39 is 5.97 Å². The van der Waals surface area contributed by atoms with Gasteiger partial charge in [-0.25, -0.2) is 0 Å². The SMILES string of the molecule is CCC/C=C/C/C=C/CCCCCCCC(=O)[O-]. The van der Waals surface area contributed by atoms with E-state index in [9.17, 15) is 9.90 Å². The summed E-state index contributed by atoms with van der Waals surface area (Å²) in [5.74, 6) is -0.922. The molecule has 104 valence electrons. The van der Waals surface area contributed by atoms with Crippen LogP contribution < -0.4 is 5.11 Å². The highest BCUT2D eigenvalue weighted by Crippen LogP contribution is 2.07. The molecule has 0 amide bonds. The Labute approximate surface area is 112 Å². The average Bonchev–Trinajstić information content (AvgIpc) is 2.34. The summed E-state index contributed by atoms with van der Waals surface area (Å²) < 4.78 is 0. The van der Waals surface area contributed by atoms with Crippen LogP contribution in [0.5, 0.6) is 0 Å². The molecule has 0 aliphatic heterocycles. The molecule has 18 heavy (non-hydrogen) atoms. The largest absolute Gasteiger partial charge is 0.550 e. The zero-order valence-electron chi connectivity index (χ0n) is 11.7. The van der Waals surface area contributed by atoms with Gasteiger partial charge in [0.25, 0.3) is 0 Å². The van der Waals surface area contributed by atoms with Crippen LogP contribution in [-0.4, -0.2) is 5.97 Å². The quantitative estimate of drug-likeness (QED) is 0.391. The standard InChI is InChI=1S/C16H28O2/c1-2-3-4-5-6-7-8-9-10-11-12-13-14-15-16(17)18/h4-5,7-8H,2-3,6,9-15H2,1H3,(H,17,18)/p-1/b5-4+,8-7+. The van der Waals surface area contributed by atoms with Gasteiger partial charge in [0.15, 0.2) is 0 Å². The van der Waals surface area contributed by atoms with Gasteiger partial charge < -0.3 is 9.90 Å². The van der Waals surface area contributed by atoms with Crippen molar-refractivity contribution in [2.24, 2.45) is 0 Å². The third-order valence-electron chi connectivity index (χ3n) is 2.81. The van der Waals surface area contributed by atoms with Crippen molar-refractivity contribution in [3.63, 3.8) is 0 Å². The maximum atomic E-state index is 10.2. The summed E-state index contributed by atoms with van der Waals surface area (Å²) in [4.78, 5) is 10.2. The number of hydrogen-bond acceptors (Lipinski definition) is 2. The van der Waals surface area contributed by atoms with Crippen molar-refractivity contribution in [1.29, 1.82) is 0 Å². The molecule has 2 heteroatoms. The van der Waals surface area contributed by atoms with E-state index in [2.05, 4.69) is 31.2 Å². The van der Waals surface area contributed by atoms with Crippen LogP contribution in [0.4, 0.5) is 0 Å². The zero-order valence-corrected chi connectivity index (χ0v) is 11.7. The van der Waals surface area contributed by atoms with Crippen LogP contribution in [-0.2, 0) is 4.79 Å². The van der Waals surface area contributed by atoms with Crippen molar-refractivity contribution in [2.75, 3.05) is 0 Å². The predicted molar refractivity (Wildman–Crippen MR) is 75.1 cm³/mol. The normalized spacial score (nSPS) is 11.6. The number of unbranched alkanes of at least 4 members (excludes halogenated alkanes) is 6. The van der Waals surface area contributed by atoms with E-state index in [0.29, 0.717) is 0 Å². The summed E-state index contributed by atoms with van der Waals surface area (Å²) in [5, 5.41) is 10.2. The molecule has 0 aromatic carbocycles. The molecule has 0 aliphatic carbocycles. The lowest BCUT2D eigenvalue weighted by Crippen LogP contribution is -2.21. The van der Waals surface area contributed by atoms with Crippen molar-refractivity contribution in [2.45, 2.75) is 71.1 Å². The van der Waals surface area contributed by atoms with Gasteiger partial charge in [-0.1, -0.05) is 56.9 Å². The number of carboxylic acids is 1. The number of allylic oxidation sites excluding steroid dienone is 4. The smallest absolute Gasteiger partial charge is 0.0414 e. The van der Waals surface area contributed by atoms with Crippen LogP contribution in [0.3, 0.4) is 0 Å². The second-order valence-corrected chi connectivity index (χ2v) is 4.65. The number of rotatable bonds is 12. The Hall–Kier alpha value is -1.05. The molecular formula is C16H27O2-. The Morgan fingerprint density at radius 1 is 0.889 bits per heavy atom. The molecule has 0 heterocycles. The summed E-state index contributed by atoms with van der Waals surface area (Å²) in [5.41, 5.74) is 0. The Balaban J connectivity index is 3.15. The van der Waals surface area contributed by atoms with Crippen LogP contribution in [0.15, 0.2) is 24.3 Å². The summed E-state index contributed by atoms with van der Waals surface area (Å²) in [7, 11) is 0. The van der Waals surface area contributed by atoms with Gasteiger partial charge in [-0.2, -0.15) is 0 Å². The van der Waals surface area contributed by atoms with Crippen molar-refractivity contribution in [3.8, 4) is 0 Å². The van der Waals surface area contributed by atoms with Gasteiger partial charge in [0.2, 0.25) is 0 Å². The fourth-order valence-electron chi connectivity index (χ4n) is 1.74. The molecule has 0 fully saturated rings. The molecular weight excluding hydrogens is 224 g/mol. The molecule has 0 atom stereocenters. The first-order chi connectivity index (χ1) is 8.77. The van der Waals surface area contributed by atoms with Crippen molar-refractivity contribution in [1.82, 2.24) is 0 Å². The monoisotopic (exact) mass is 251 g/mol. The minimum absolute atomic E-state index is 0.212. The van der Waals surface area contributed by atoms with Gasteiger partial charge in [-0.05, 0) is 38.5 Å². The summed E-state index contributed by atoms with van der Waals surface area (Å²) in [6, 6.07) is 0. The molecule has 0 unspecified atom stereocenters. The molecule has 2 nitrogen and oxygen atoms in total. The van der Waals surface area contributed by atoms with E-state index in [4.69, 9.17) is 0 Å². The van der Waals surface area contributed by atoms with Gasteiger partial charge in [-0.15, -0.1) is 0 Å². The van der Waals surface area contributed by atoms with Crippen molar-refractivity contribution in [3.05, 3.63) is 24.3 Å². The molecule has 0 saturated carbocycles. The lowest BCUT2D eigenvalue weighted by atomic mass is 10.1. The Kier molecular flexibility index (Phi) is 13.2. The third-order valence-corrected chi connectivity index (χ3v) is 2.81. The summed E-state index contributed by atoms with van der Waals surface area (Å²) >= 11 is 0. The molecule has 0 aromatic heterocycles. The fourth-order valence-corrected chi connectivity index (χ4v) is 1.74. The second-order valence-electron chi connectivity index (χ2n) is 4.65. The lowest BCUT2D eigenvalue weighted by Gasteiger charge is -2.01. The van der Waals surface area contributed by atoms with Gasteiger partial charge >= 0.3 is 0 Å². The number of carbonyl (C=O) groups excluding carboxylic acids is 1. The van der Waals surface area contributed by atoms with Crippen molar-refractivity contribution >= 4 is 5.97 Å². The highest BCUT2D eigenvalue weighted by atomic mass is 16.4. The van der Waals surface area contributed by atoms with E-state index in [0.717, 1.165) is 32.1 Å². The Bertz CT molecular complexity index is 241. The molecule has 0 bridgehead atoms. The second kappa shape index (κ2) is 14.0. The van der Waals surface area contributed by atoms with Crippen LogP contribution in [0.25, 0.3) is 0 Å². The lowest BCUT2D eigenvalue weighted by molar-refractivity contribution is -0.305. The molecule has 0 saturated heterocycles. The fraction of sp³-hybridized carbons (Fsp3) is 0.688. The predicted octanol–water partition coefficient (Wildman–Crippen LogP) is 3.77. The van der Waals surface area contributed by atoms with Gasteiger partial charge in [0.1, 0.15) is 0 Å². The van der Waals surface area contributed by atoms with Crippen molar-refractivity contribution < 1.29 is 9.90 Å². The van der Waals surface area contributed by atoms with E-state index in [1.54, 1.807) is 0 Å². The third kappa shape index (κ3) is 14.9. The first-order valence-corrected chi connectivity index (χ1v) is 7.27. The number of hydrogen-bond donors (Lipinski definition) is 0. The molecule has 0 spiro atoms. The minimum atomic E-state index is -0.922. The zero-order chi connectivity index (χ0) is 13.5. The molecule has 0 aliphatic rings. The van der Waals surface area contributed by atoms with Crippen LogP contribution in [0, 0.1) is 0 Å². The molecule has 0 aromatic rings. The van der Waals surface area contributed by atoms with Crippen LogP contribution >= 0.6 is 0 Å². The van der Waals surface area contributed by atoms with Crippen LogP contribution in [0.1, 0.15) is 71.1 Å². The Morgan fingerprint density at radius 3 is 2.17 bits per heavy atom. The highest BCUT2D eigenvalue weighted by Gasteiger charge is 1.90. The number of carbonyl (C=O) groups is 1. The highest BCUT2D eigenvalue weighted by molar-refractivity contribution is 5.63. The first-order valence-electron chi connectivity index (χ1n) is 7.27. The maximum absolute atomic E-state index is 10.2. The van der Waals surface area contributed by atoms with E-state index in [-0.39, 0.29) is 6.42 Å². The van der Waals surface area contributed by atoms with Gasteiger partial charge in [0, 0.05) is 5.97 Å². The van der Waals surface area contributed by atoms with E-state index in [1.165, 1.54) is 25.7 Å². The number of carboxylic acid groups (broad SMARTS) is 1. The average molecular weight is 251 g/mol. The van der Waals surface area contributed by atoms with Crippen LogP contribution in [0.2, 0.25) is 0 Å². The minimum Gasteiger partial charge on any atom is -0.550 e. The van der Waals surface area contributed by atoms with Gasteiger partial charge in [0.05, 0.1) is 0 Å². The van der Waals surface area contributed by atoms with E-state index >= 15 is 0 Å². The number of aliphatic carboxylic acids is 1.